The third-order valence-corrected chi connectivity index (χ3v) is 4.45. The Balaban J connectivity index is 2.15. The number of phenolic OH excluding ortho intramolecular Hbond substituents is 1. The predicted octanol–water partition coefficient (Wildman–Crippen LogP) is 4.47. The molecule has 0 aliphatic heterocycles. The summed E-state index contributed by atoms with van der Waals surface area (Å²) in [5, 5.41) is 9.32. The largest absolute Gasteiger partial charge is 0.508 e. The molecule has 0 heterocycles. The van der Waals surface area contributed by atoms with Gasteiger partial charge >= 0.3 is 5.97 Å². The molecule has 0 saturated heterocycles. The van der Waals surface area contributed by atoms with E-state index < -0.39 is 5.60 Å². The molecule has 2 unspecified atom stereocenters. The number of hydrogen-bond acceptors (Lipinski definition) is 3. The molecule has 2 atom stereocenters. The van der Waals surface area contributed by atoms with E-state index in [4.69, 9.17) is 4.74 Å². The van der Waals surface area contributed by atoms with Gasteiger partial charge in [-0.3, -0.25) is 0 Å². The second-order valence-electron chi connectivity index (χ2n) is 6.04. The van der Waals surface area contributed by atoms with Gasteiger partial charge in [0.25, 0.3) is 0 Å². The van der Waals surface area contributed by atoms with Crippen molar-refractivity contribution in [1.82, 2.24) is 0 Å². The SMILES string of the molecule is C=C(C)C(=O)OC1(CC)CCCC1C=Cc1ccc(O)cc1. The Labute approximate surface area is 132 Å². The molecular formula is C19H24O3. The molecule has 1 aliphatic carbocycles. The molecule has 0 amide bonds. The number of phenols is 1. The Kier molecular flexibility index (Phi) is 5.07. The second kappa shape index (κ2) is 6.82. The molecule has 1 saturated carbocycles. The van der Waals surface area contributed by atoms with Crippen LogP contribution in [-0.4, -0.2) is 16.7 Å². The molecule has 0 bridgehead atoms. The lowest BCUT2D eigenvalue weighted by Gasteiger charge is -2.33. The Bertz CT molecular complexity index is 571. The summed E-state index contributed by atoms with van der Waals surface area (Å²) >= 11 is 0. The van der Waals surface area contributed by atoms with E-state index in [1.54, 1.807) is 19.1 Å². The Hall–Kier alpha value is -2.03. The average Bonchev–Trinajstić information content (AvgIpc) is 2.89. The van der Waals surface area contributed by atoms with E-state index in [0.717, 1.165) is 31.2 Å². The van der Waals surface area contributed by atoms with Gasteiger partial charge in [-0.25, -0.2) is 4.79 Å². The molecule has 2 rings (SSSR count). The maximum absolute atomic E-state index is 11.9. The monoisotopic (exact) mass is 300 g/mol. The molecule has 0 spiro atoms. The molecule has 22 heavy (non-hydrogen) atoms. The van der Waals surface area contributed by atoms with E-state index >= 15 is 0 Å². The van der Waals surface area contributed by atoms with Crippen molar-refractivity contribution in [2.24, 2.45) is 5.92 Å². The lowest BCUT2D eigenvalue weighted by molar-refractivity contribution is -0.157. The van der Waals surface area contributed by atoms with Gasteiger partial charge in [-0.15, -0.1) is 0 Å². The Morgan fingerprint density at radius 1 is 1.45 bits per heavy atom. The van der Waals surface area contributed by atoms with Gasteiger partial charge in [-0.05, 0) is 50.3 Å². The number of benzene rings is 1. The van der Waals surface area contributed by atoms with E-state index in [1.165, 1.54) is 0 Å². The normalized spacial score (nSPS) is 24.5. The summed E-state index contributed by atoms with van der Waals surface area (Å²) in [5.41, 5.74) is 1.06. The number of carbonyl (C=O) groups excluding carboxylic acids is 1. The van der Waals surface area contributed by atoms with Crippen LogP contribution in [0.15, 0.2) is 42.5 Å². The number of aromatic hydroxyl groups is 1. The molecule has 118 valence electrons. The van der Waals surface area contributed by atoms with Crippen LogP contribution in [0.4, 0.5) is 0 Å². The number of rotatable bonds is 5. The van der Waals surface area contributed by atoms with Crippen molar-refractivity contribution in [1.29, 1.82) is 0 Å². The number of carbonyl (C=O) groups is 1. The number of hydrogen-bond donors (Lipinski definition) is 1. The van der Waals surface area contributed by atoms with Crippen LogP contribution in [0.25, 0.3) is 6.08 Å². The summed E-state index contributed by atoms with van der Waals surface area (Å²) in [5.74, 6) is 0.178. The summed E-state index contributed by atoms with van der Waals surface area (Å²) in [6.45, 7) is 7.42. The van der Waals surface area contributed by atoms with E-state index in [2.05, 4.69) is 19.6 Å². The third-order valence-electron chi connectivity index (χ3n) is 4.45. The van der Waals surface area contributed by atoms with Crippen LogP contribution in [0.5, 0.6) is 5.75 Å². The minimum Gasteiger partial charge on any atom is -0.508 e. The van der Waals surface area contributed by atoms with Crippen molar-refractivity contribution in [3.63, 3.8) is 0 Å². The molecule has 1 N–H and O–H groups in total. The van der Waals surface area contributed by atoms with Crippen molar-refractivity contribution in [2.75, 3.05) is 0 Å². The first kappa shape index (κ1) is 16.3. The van der Waals surface area contributed by atoms with Crippen LogP contribution in [-0.2, 0) is 9.53 Å². The summed E-state index contributed by atoms with van der Waals surface area (Å²) in [6.07, 6.45) is 7.94. The lowest BCUT2D eigenvalue weighted by Crippen LogP contribution is -2.37. The van der Waals surface area contributed by atoms with Crippen LogP contribution in [0.2, 0.25) is 0 Å². The van der Waals surface area contributed by atoms with Gasteiger partial charge in [0.2, 0.25) is 0 Å². The topological polar surface area (TPSA) is 46.5 Å². The summed E-state index contributed by atoms with van der Waals surface area (Å²) in [7, 11) is 0. The van der Waals surface area contributed by atoms with Gasteiger partial charge < -0.3 is 9.84 Å². The second-order valence-corrected chi connectivity index (χ2v) is 6.04. The quantitative estimate of drug-likeness (QED) is 0.644. The van der Waals surface area contributed by atoms with Crippen molar-refractivity contribution in [2.45, 2.75) is 45.1 Å². The minimum atomic E-state index is -0.413. The Morgan fingerprint density at radius 2 is 2.14 bits per heavy atom. The van der Waals surface area contributed by atoms with E-state index in [9.17, 15) is 9.90 Å². The molecule has 3 heteroatoms. The third kappa shape index (κ3) is 3.59. The van der Waals surface area contributed by atoms with Crippen LogP contribution in [0.1, 0.15) is 45.1 Å². The van der Waals surface area contributed by atoms with Gasteiger partial charge in [0.15, 0.2) is 0 Å². The van der Waals surface area contributed by atoms with Gasteiger partial charge in [-0.2, -0.15) is 0 Å². The van der Waals surface area contributed by atoms with Crippen LogP contribution < -0.4 is 0 Å². The van der Waals surface area contributed by atoms with Crippen LogP contribution in [0, 0.1) is 5.92 Å². The van der Waals surface area contributed by atoms with E-state index in [1.807, 2.05) is 18.2 Å². The van der Waals surface area contributed by atoms with Crippen LogP contribution in [0.3, 0.4) is 0 Å². The average molecular weight is 300 g/mol. The summed E-state index contributed by atoms with van der Waals surface area (Å²) in [4.78, 5) is 11.9. The maximum Gasteiger partial charge on any atom is 0.333 e. The molecule has 0 aromatic heterocycles. The first-order valence-corrected chi connectivity index (χ1v) is 7.83. The smallest absolute Gasteiger partial charge is 0.333 e. The summed E-state index contributed by atoms with van der Waals surface area (Å²) in [6, 6.07) is 7.08. The van der Waals surface area contributed by atoms with Gasteiger partial charge in [-0.1, -0.05) is 37.8 Å². The molecular weight excluding hydrogens is 276 g/mol. The maximum atomic E-state index is 11.9. The molecule has 1 aromatic carbocycles. The minimum absolute atomic E-state index is 0.217. The van der Waals surface area contributed by atoms with Crippen molar-refractivity contribution >= 4 is 12.0 Å². The van der Waals surface area contributed by atoms with Crippen molar-refractivity contribution in [3.8, 4) is 5.75 Å². The van der Waals surface area contributed by atoms with Gasteiger partial charge in [0, 0.05) is 11.5 Å². The highest BCUT2D eigenvalue weighted by Crippen LogP contribution is 2.42. The predicted molar refractivity (Wildman–Crippen MR) is 88.4 cm³/mol. The molecule has 3 nitrogen and oxygen atoms in total. The van der Waals surface area contributed by atoms with E-state index in [-0.39, 0.29) is 17.6 Å². The molecule has 0 radical (unpaired) electrons. The lowest BCUT2D eigenvalue weighted by atomic mass is 9.87. The first-order chi connectivity index (χ1) is 10.5. The highest BCUT2D eigenvalue weighted by molar-refractivity contribution is 5.87. The Morgan fingerprint density at radius 3 is 2.73 bits per heavy atom. The fourth-order valence-electron chi connectivity index (χ4n) is 3.06. The summed E-state index contributed by atoms with van der Waals surface area (Å²) < 4.78 is 5.80. The highest BCUT2D eigenvalue weighted by atomic mass is 16.6. The zero-order valence-electron chi connectivity index (χ0n) is 13.3. The number of esters is 1. The highest BCUT2D eigenvalue weighted by Gasteiger charge is 2.43. The van der Waals surface area contributed by atoms with Gasteiger partial charge in [0.05, 0.1) is 0 Å². The molecule has 1 fully saturated rings. The fraction of sp³-hybridized carbons (Fsp3) is 0.421. The standard InChI is InChI=1S/C19H24O3/c1-4-19(22-18(21)14(2)3)13-5-6-16(19)10-7-15-8-11-17(20)12-9-15/h7-12,16,20H,2,4-6,13H2,1,3H3. The van der Waals surface area contributed by atoms with Crippen LogP contribution >= 0.6 is 0 Å². The van der Waals surface area contributed by atoms with Crippen molar-refractivity contribution < 1.29 is 14.6 Å². The zero-order valence-corrected chi connectivity index (χ0v) is 13.3. The zero-order chi connectivity index (χ0) is 16.2. The van der Waals surface area contributed by atoms with E-state index in [0.29, 0.717) is 5.57 Å². The fourth-order valence-corrected chi connectivity index (χ4v) is 3.06. The number of ether oxygens (including phenoxy) is 1. The molecule has 1 aromatic rings. The first-order valence-electron chi connectivity index (χ1n) is 7.83. The van der Waals surface area contributed by atoms with Gasteiger partial charge in [0.1, 0.15) is 11.4 Å². The molecule has 1 aliphatic rings. The van der Waals surface area contributed by atoms with Crippen molar-refractivity contribution in [3.05, 3.63) is 48.1 Å².